The Bertz CT molecular complexity index is 1380. The van der Waals surface area contributed by atoms with Crippen LogP contribution in [0.4, 0.5) is 27.5 Å². The van der Waals surface area contributed by atoms with Gasteiger partial charge in [-0.3, -0.25) is 25.5 Å². The number of hydrogen-bond donors (Lipinski definition) is 3. The van der Waals surface area contributed by atoms with Crippen LogP contribution in [0.5, 0.6) is 0 Å². The van der Waals surface area contributed by atoms with Gasteiger partial charge in [0.05, 0.1) is 33.7 Å². The Morgan fingerprint density at radius 2 is 1.56 bits per heavy atom. The van der Waals surface area contributed by atoms with Crippen LogP contribution in [0, 0.1) is 20.2 Å². The lowest BCUT2D eigenvalue weighted by molar-refractivity contribution is -0.384. The summed E-state index contributed by atoms with van der Waals surface area (Å²) >= 11 is 0. The maximum Gasteiger partial charge on any atom is 0.411 e. The van der Waals surface area contributed by atoms with Crippen molar-refractivity contribution in [2.45, 2.75) is 6.23 Å². The molecule has 12 nitrogen and oxygen atoms in total. The lowest BCUT2D eigenvalue weighted by Crippen LogP contribution is -2.13. The third-order valence-corrected chi connectivity index (χ3v) is 5.08. The number of nitro groups is 2. The topological polar surface area (TPSA) is 170 Å². The number of fused-ring (bicyclic) bond motifs is 2. The van der Waals surface area contributed by atoms with Gasteiger partial charge in [-0.25, -0.2) is 9.78 Å². The average Bonchev–Trinajstić information content (AvgIpc) is 2.82. The van der Waals surface area contributed by atoms with E-state index >= 15 is 0 Å². The van der Waals surface area contributed by atoms with Gasteiger partial charge in [0.1, 0.15) is 0 Å². The Labute approximate surface area is 191 Å². The summed E-state index contributed by atoms with van der Waals surface area (Å²) in [5.74, 6) is 0. The molecule has 0 bridgehead atoms. The standard InChI is InChI=1S/C22H17N5O7/c1-34-22(29)23-13-4-2-3-12(9-13)21(28)25-20-16-7-5-14(26(30)31)10-18(16)24-19-11-15(27(32)33)6-8-17(19)20/h2-11,21,28H,1H3,(H,23,29)(H,24,25). The first-order valence-corrected chi connectivity index (χ1v) is 9.82. The summed E-state index contributed by atoms with van der Waals surface area (Å²) in [6.45, 7) is 0. The molecule has 12 heteroatoms. The molecule has 3 aromatic carbocycles. The Morgan fingerprint density at radius 1 is 0.971 bits per heavy atom. The largest absolute Gasteiger partial charge is 0.453 e. The van der Waals surface area contributed by atoms with Crippen molar-refractivity contribution in [2.24, 2.45) is 0 Å². The predicted molar refractivity (Wildman–Crippen MR) is 124 cm³/mol. The molecule has 3 N–H and O–H groups in total. The number of aromatic nitrogens is 1. The fraction of sp³-hybridized carbons (Fsp3) is 0.0909. The Morgan fingerprint density at radius 3 is 2.09 bits per heavy atom. The highest BCUT2D eigenvalue weighted by Gasteiger charge is 2.18. The Kier molecular flexibility index (Phi) is 5.89. The van der Waals surface area contributed by atoms with Gasteiger partial charge in [-0.15, -0.1) is 0 Å². The maximum atomic E-state index is 11.5. The highest BCUT2D eigenvalue weighted by atomic mass is 16.6. The SMILES string of the molecule is COC(=O)Nc1cccc(C(O)Nc2c3ccc([N+](=O)[O-])cc3nc3cc([N+](=O)[O-])ccc23)c1. The Hall–Kier alpha value is -4.84. The van der Waals surface area contributed by atoms with Crippen molar-refractivity contribution in [1.29, 1.82) is 0 Å². The van der Waals surface area contributed by atoms with Crippen molar-refractivity contribution in [3.63, 3.8) is 0 Å². The van der Waals surface area contributed by atoms with E-state index in [1.54, 1.807) is 18.2 Å². The number of nitrogens with zero attached hydrogens (tertiary/aromatic N) is 3. The zero-order chi connectivity index (χ0) is 24.4. The number of aliphatic hydroxyl groups is 1. The number of hydrogen-bond acceptors (Lipinski definition) is 9. The van der Waals surface area contributed by atoms with Crippen LogP contribution in [0.3, 0.4) is 0 Å². The lowest BCUT2D eigenvalue weighted by Gasteiger charge is -2.19. The first kappa shape index (κ1) is 22.4. The summed E-state index contributed by atoms with van der Waals surface area (Å²) in [5.41, 5.74) is 1.21. The molecule has 4 rings (SSSR count). The van der Waals surface area contributed by atoms with Gasteiger partial charge in [-0.2, -0.15) is 0 Å². The zero-order valence-corrected chi connectivity index (χ0v) is 17.6. The molecular formula is C22H17N5O7. The minimum absolute atomic E-state index is 0.196. The number of carbonyl (C=O) groups is 1. The summed E-state index contributed by atoms with van der Waals surface area (Å²) in [6.07, 6.45) is -1.94. The number of anilines is 2. The van der Waals surface area contributed by atoms with Crippen LogP contribution >= 0.6 is 0 Å². The van der Waals surface area contributed by atoms with Gasteiger partial charge in [-0.1, -0.05) is 12.1 Å². The van der Waals surface area contributed by atoms with Gasteiger partial charge in [0.25, 0.3) is 11.4 Å². The summed E-state index contributed by atoms with van der Waals surface area (Å²) in [5, 5.41) is 39.8. The monoisotopic (exact) mass is 463 g/mol. The molecule has 0 aliphatic heterocycles. The van der Waals surface area contributed by atoms with Crippen LogP contribution in [-0.4, -0.2) is 33.1 Å². The fourth-order valence-corrected chi connectivity index (χ4v) is 3.48. The van der Waals surface area contributed by atoms with Gasteiger partial charge in [0.15, 0.2) is 6.23 Å². The average molecular weight is 463 g/mol. The molecule has 4 aromatic rings. The van der Waals surface area contributed by atoms with Crippen LogP contribution in [0.15, 0.2) is 60.7 Å². The van der Waals surface area contributed by atoms with Crippen LogP contribution in [0.2, 0.25) is 0 Å². The first-order valence-electron chi connectivity index (χ1n) is 9.82. The van der Waals surface area contributed by atoms with E-state index in [0.29, 0.717) is 27.7 Å². The molecule has 1 aromatic heterocycles. The first-order chi connectivity index (χ1) is 16.3. The molecule has 34 heavy (non-hydrogen) atoms. The van der Waals surface area contributed by atoms with E-state index < -0.39 is 22.2 Å². The minimum Gasteiger partial charge on any atom is -0.453 e. The van der Waals surface area contributed by atoms with E-state index in [4.69, 9.17) is 0 Å². The minimum atomic E-state index is -1.27. The number of non-ortho nitro benzene ring substituents is 2. The second kappa shape index (κ2) is 8.96. The molecule has 1 heterocycles. The molecule has 0 saturated carbocycles. The molecule has 0 aliphatic carbocycles. The molecular weight excluding hydrogens is 446 g/mol. The summed E-state index contributed by atoms with van der Waals surface area (Å²) < 4.78 is 4.57. The van der Waals surface area contributed by atoms with E-state index in [-0.39, 0.29) is 22.4 Å². The molecule has 0 radical (unpaired) electrons. The van der Waals surface area contributed by atoms with Crippen molar-refractivity contribution in [2.75, 3.05) is 17.7 Å². The highest BCUT2D eigenvalue weighted by molar-refractivity contribution is 6.08. The number of carbonyl (C=O) groups excluding carboxylic acids is 1. The van der Waals surface area contributed by atoms with Gasteiger partial charge in [0, 0.05) is 46.3 Å². The second-order valence-corrected chi connectivity index (χ2v) is 7.19. The van der Waals surface area contributed by atoms with Crippen LogP contribution in [0.1, 0.15) is 11.8 Å². The van der Waals surface area contributed by atoms with Crippen molar-refractivity contribution in [1.82, 2.24) is 4.98 Å². The van der Waals surface area contributed by atoms with E-state index in [1.807, 2.05) is 0 Å². The third kappa shape index (κ3) is 4.38. The summed E-state index contributed by atoms with van der Waals surface area (Å²) in [6, 6.07) is 14.5. The van der Waals surface area contributed by atoms with Gasteiger partial charge < -0.3 is 15.2 Å². The normalized spacial score (nSPS) is 11.7. The van der Waals surface area contributed by atoms with E-state index in [2.05, 4.69) is 20.4 Å². The number of rotatable bonds is 6. The van der Waals surface area contributed by atoms with Crippen LogP contribution in [0.25, 0.3) is 21.8 Å². The van der Waals surface area contributed by atoms with Gasteiger partial charge in [0.2, 0.25) is 0 Å². The number of benzene rings is 3. The quantitative estimate of drug-likeness (QED) is 0.161. The molecule has 1 unspecified atom stereocenters. The number of amides is 1. The molecule has 0 fully saturated rings. The molecule has 0 saturated heterocycles. The van der Waals surface area contributed by atoms with Gasteiger partial charge in [-0.05, 0) is 24.3 Å². The third-order valence-electron chi connectivity index (χ3n) is 5.08. The highest BCUT2D eigenvalue weighted by Crippen LogP contribution is 2.36. The molecule has 0 aliphatic rings. The number of ether oxygens (including phenoxy) is 1. The Balaban J connectivity index is 1.82. The molecule has 172 valence electrons. The maximum absolute atomic E-state index is 11.5. The van der Waals surface area contributed by atoms with Crippen molar-refractivity contribution < 1.29 is 24.5 Å². The summed E-state index contributed by atoms with van der Waals surface area (Å²) in [7, 11) is 1.23. The lowest BCUT2D eigenvalue weighted by atomic mass is 10.1. The number of nitro benzene ring substituents is 2. The smallest absolute Gasteiger partial charge is 0.411 e. The van der Waals surface area contributed by atoms with Crippen LogP contribution in [-0.2, 0) is 4.74 Å². The summed E-state index contributed by atoms with van der Waals surface area (Å²) in [4.78, 5) is 37.2. The van der Waals surface area contributed by atoms with E-state index in [0.717, 1.165) is 0 Å². The number of methoxy groups -OCH3 is 1. The van der Waals surface area contributed by atoms with Crippen molar-refractivity contribution in [3.05, 3.63) is 86.5 Å². The fourth-order valence-electron chi connectivity index (χ4n) is 3.48. The van der Waals surface area contributed by atoms with Gasteiger partial charge >= 0.3 is 6.09 Å². The molecule has 1 atom stereocenters. The zero-order valence-electron chi connectivity index (χ0n) is 17.6. The molecule has 0 spiro atoms. The van der Waals surface area contributed by atoms with Crippen molar-refractivity contribution >= 4 is 50.6 Å². The number of pyridine rings is 1. The number of nitrogens with one attached hydrogen (secondary N) is 2. The molecule has 1 amide bonds. The van der Waals surface area contributed by atoms with E-state index in [1.165, 1.54) is 49.6 Å². The van der Waals surface area contributed by atoms with Crippen molar-refractivity contribution in [3.8, 4) is 0 Å². The van der Waals surface area contributed by atoms with Crippen LogP contribution < -0.4 is 10.6 Å². The second-order valence-electron chi connectivity index (χ2n) is 7.19. The van der Waals surface area contributed by atoms with E-state index in [9.17, 15) is 30.1 Å². The predicted octanol–water partition coefficient (Wildman–Crippen LogP) is 4.49. The number of aliphatic hydroxyl groups excluding tert-OH is 1.